The molecule has 1 aliphatic heterocycles. The molecule has 0 spiro atoms. The molecule has 1 heterocycles. The lowest BCUT2D eigenvalue weighted by atomic mass is 10.2. The van der Waals surface area contributed by atoms with Gasteiger partial charge in [-0.15, -0.1) is 0 Å². The highest BCUT2D eigenvalue weighted by atomic mass is 16.5. The summed E-state index contributed by atoms with van der Waals surface area (Å²) < 4.78 is 10.7. The van der Waals surface area contributed by atoms with E-state index >= 15 is 0 Å². The van der Waals surface area contributed by atoms with Crippen LogP contribution >= 0.6 is 0 Å². The van der Waals surface area contributed by atoms with Crippen molar-refractivity contribution in [3.63, 3.8) is 0 Å². The molecule has 0 aromatic rings. The number of rotatable bonds is 8. The monoisotopic (exact) mass is 355 g/mol. The molecule has 0 bridgehead atoms. The molecule has 2 amide bonds. The SMILES string of the molecule is CC.CCCCCOC(=O)NC(/C=C\N(C=O)C1CCC(C)O1)=NC. The van der Waals surface area contributed by atoms with E-state index in [0.717, 1.165) is 32.1 Å². The number of carbonyl (C=O) groups excluding carboxylic acids is 2. The number of hydrogen-bond donors (Lipinski definition) is 1. The normalized spacial score (nSPS) is 20.0. The lowest BCUT2D eigenvalue weighted by Crippen LogP contribution is -2.32. The number of nitrogens with zero attached hydrogens (tertiary/aromatic N) is 2. The quantitative estimate of drug-likeness (QED) is 0.313. The molecular weight excluding hydrogens is 322 g/mol. The van der Waals surface area contributed by atoms with E-state index < -0.39 is 6.09 Å². The van der Waals surface area contributed by atoms with Crippen molar-refractivity contribution >= 4 is 18.3 Å². The first-order valence-electron chi connectivity index (χ1n) is 9.07. The maximum absolute atomic E-state index is 11.6. The largest absolute Gasteiger partial charge is 0.449 e. The van der Waals surface area contributed by atoms with E-state index in [1.54, 1.807) is 19.3 Å². The molecule has 1 N–H and O–H groups in total. The minimum absolute atomic E-state index is 0.145. The summed E-state index contributed by atoms with van der Waals surface area (Å²) in [5.74, 6) is 0.323. The van der Waals surface area contributed by atoms with Gasteiger partial charge in [0.05, 0.1) is 12.7 Å². The molecule has 1 aliphatic rings. The molecule has 2 unspecified atom stereocenters. The van der Waals surface area contributed by atoms with Crippen LogP contribution in [0.2, 0.25) is 0 Å². The Balaban J connectivity index is 0.00000277. The van der Waals surface area contributed by atoms with Crippen molar-refractivity contribution in [1.29, 1.82) is 0 Å². The molecule has 144 valence electrons. The molecule has 1 rings (SSSR count). The van der Waals surface area contributed by atoms with E-state index in [9.17, 15) is 9.59 Å². The highest BCUT2D eigenvalue weighted by Crippen LogP contribution is 2.21. The number of alkyl carbamates (subject to hydrolysis) is 1. The Hall–Kier alpha value is -1.89. The van der Waals surface area contributed by atoms with E-state index in [4.69, 9.17) is 9.47 Å². The van der Waals surface area contributed by atoms with Crippen molar-refractivity contribution in [3.8, 4) is 0 Å². The fourth-order valence-electron chi connectivity index (χ4n) is 2.19. The Bertz CT molecular complexity index is 438. The zero-order chi connectivity index (χ0) is 19.1. The Kier molecular flexibility index (Phi) is 13.4. The molecule has 0 aromatic heterocycles. The van der Waals surface area contributed by atoms with Crippen LogP contribution in [0.25, 0.3) is 0 Å². The van der Waals surface area contributed by atoms with Crippen LogP contribution in [-0.4, -0.2) is 49.2 Å². The number of ether oxygens (including phenoxy) is 2. The third-order valence-electron chi connectivity index (χ3n) is 3.52. The first-order valence-corrected chi connectivity index (χ1v) is 9.07. The Morgan fingerprint density at radius 1 is 1.36 bits per heavy atom. The van der Waals surface area contributed by atoms with E-state index in [1.165, 1.54) is 4.90 Å². The minimum Gasteiger partial charge on any atom is -0.449 e. The molecular formula is C18H33N3O4. The summed E-state index contributed by atoms with van der Waals surface area (Å²) in [7, 11) is 1.55. The van der Waals surface area contributed by atoms with E-state index in [0.29, 0.717) is 18.9 Å². The van der Waals surface area contributed by atoms with Gasteiger partial charge in [0.15, 0.2) is 0 Å². The second kappa shape index (κ2) is 14.5. The van der Waals surface area contributed by atoms with Gasteiger partial charge >= 0.3 is 6.09 Å². The predicted octanol–water partition coefficient (Wildman–Crippen LogP) is 3.45. The molecule has 2 atom stereocenters. The van der Waals surface area contributed by atoms with Crippen molar-refractivity contribution in [2.45, 2.75) is 72.1 Å². The Morgan fingerprint density at radius 2 is 2.08 bits per heavy atom. The van der Waals surface area contributed by atoms with E-state index in [-0.39, 0.29) is 12.3 Å². The number of amides is 2. The smallest absolute Gasteiger partial charge is 0.412 e. The van der Waals surface area contributed by atoms with Gasteiger partial charge < -0.3 is 9.47 Å². The minimum atomic E-state index is -0.547. The molecule has 25 heavy (non-hydrogen) atoms. The second-order valence-electron chi connectivity index (χ2n) is 5.42. The van der Waals surface area contributed by atoms with Crippen LogP contribution in [0.5, 0.6) is 0 Å². The van der Waals surface area contributed by atoms with Crippen LogP contribution in [0, 0.1) is 0 Å². The average Bonchev–Trinajstić information content (AvgIpc) is 3.06. The van der Waals surface area contributed by atoms with E-state index in [1.807, 2.05) is 20.8 Å². The number of nitrogens with one attached hydrogen (secondary N) is 1. The van der Waals surface area contributed by atoms with Gasteiger partial charge in [0.2, 0.25) is 6.41 Å². The maximum atomic E-state index is 11.6. The van der Waals surface area contributed by atoms with Gasteiger partial charge in [0.25, 0.3) is 0 Å². The van der Waals surface area contributed by atoms with Crippen molar-refractivity contribution in [3.05, 3.63) is 12.3 Å². The third kappa shape index (κ3) is 9.86. The van der Waals surface area contributed by atoms with Crippen molar-refractivity contribution in [1.82, 2.24) is 10.2 Å². The van der Waals surface area contributed by atoms with Gasteiger partial charge in [-0.05, 0) is 32.3 Å². The van der Waals surface area contributed by atoms with Crippen molar-refractivity contribution in [2.75, 3.05) is 13.7 Å². The maximum Gasteiger partial charge on any atom is 0.412 e. The number of carbonyl (C=O) groups is 2. The van der Waals surface area contributed by atoms with Crippen LogP contribution in [0.3, 0.4) is 0 Å². The predicted molar refractivity (Wildman–Crippen MR) is 99.3 cm³/mol. The summed E-state index contributed by atoms with van der Waals surface area (Å²) in [5.41, 5.74) is 0. The van der Waals surface area contributed by atoms with Crippen LogP contribution in [-0.2, 0) is 14.3 Å². The van der Waals surface area contributed by atoms with Crippen LogP contribution in [0.4, 0.5) is 4.79 Å². The van der Waals surface area contributed by atoms with Gasteiger partial charge in [0, 0.05) is 13.2 Å². The fraction of sp³-hybridized carbons (Fsp3) is 0.722. The van der Waals surface area contributed by atoms with Crippen LogP contribution in [0.15, 0.2) is 17.3 Å². The summed E-state index contributed by atoms with van der Waals surface area (Å²) in [6.45, 7) is 8.44. The summed E-state index contributed by atoms with van der Waals surface area (Å²) in [6.07, 6.45) is 7.77. The molecule has 7 heteroatoms. The van der Waals surface area contributed by atoms with Gasteiger partial charge in [-0.2, -0.15) is 0 Å². The zero-order valence-corrected chi connectivity index (χ0v) is 16.2. The van der Waals surface area contributed by atoms with Gasteiger partial charge in [-0.25, -0.2) is 4.79 Å². The summed E-state index contributed by atoms with van der Waals surface area (Å²) in [6, 6.07) is 0. The number of unbranched alkanes of at least 4 members (excludes halogenated alkanes) is 2. The molecule has 7 nitrogen and oxygen atoms in total. The highest BCUT2D eigenvalue weighted by molar-refractivity contribution is 6.02. The molecule has 0 radical (unpaired) electrons. The van der Waals surface area contributed by atoms with Gasteiger partial charge in [-0.3, -0.25) is 20.0 Å². The van der Waals surface area contributed by atoms with Crippen LogP contribution in [0.1, 0.15) is 59.8 Å². The summed E-state index contributed by atoms with van der Waals surface area (Å²) in [4.78, 5) is 28.2. The number of hydrogen-bond acceptors (Lipinski definition) is 5. The summed E-state index contributed by atoms with van der Waals surface area (Å²) >= 11 is 0. The third-order valence-corrected chi connectivity index (χ3v) is 3.52. The summed E-state index contributed by atoms with van der Waals surface area (Å²) in [5, 5.41) is 2.54. The Morgan fingerprint density at radius 3 is 2.60 bits per heavy atom. The Labute approximate surface area is 151 Å². The first kappa shape index (κ1) is 23.1. The molecule has 1 saturated heterocycles. The standard InChI is InChI=1S/C16H27N3O4.C2H6/c1-4-5-6-11-22-16(21)18-14(17-3)9-10-19(12-20)15-8-7-13(2)23-15;1-2/h9-10,12-13,15H,4-8,11H2,1-3H3,(H,17,18,21);1-2H3/b10-9-;. The zero-order valence-electron chi connectivity index (χ0n) is 16.2. The highest BCUT2D eigenvalue weighted by Gasteiger charge is 2.25. The van der Waals surface area contributed by atoms with Crippen molar-refractivity contribution in [2.24, 2.45) is 4.99 Å². The van der Waals surface area contributed by atoms with Crippen molar-refractivity contribution < 1.29 is 19.1 Å². The van der Waals surface area contributed by atoms with Gasteiger partial charge in [-0.1, -0.05) is 33.6 Å². The fourth-order valence-corrected chi connectivity index (χ4v) is 2.19. The first-order chi connectivity index (χ1) is 12.1. The topological polar surface area (TPSA) is 80.2 Å². The second-order valence-corrected chi connectivity index (χ2v) is 5.42. The lowest BCUT2D eigenvalue weighted by Gasteiger charge is -2.20. The van der Waals surface area contributed by atoms with Gasteiger partial charge in [0.1, 0.15) is 12.1 Å². The number of amidine groups is 1. The molecule has 0 aromatic carbocycles. The molecule has 0 aliphatic carbocycles. The average molecular weight is 355 g/mol. The molecule has 1 fully saturated rings. The van der Waals surface area contributed by atoms with E-state index in [2.05, 4.69) is 17.2 Å². The molecule has 0 saturated carbocycles. The van der Waals surface area contributed by atoms with Crippen LogP contribution < -0.4 is 5.32 Å². The number of aliphatic imine (C=N–C) groups is 1. The lowest BCUT2D eigenvalue weighted by molar-refractivity contribution is -0.125.